The molecule has 0 spiro atoms. The molecule has 1 aromatic rings. The highest BCUT2D eigenvalue weighted by Crippen LogP contribution is 2.28. The number of nitrogens with zero attached hydrogens (tertiary/aromatic N) is 2. The Morgan fingerprint density at radius 2 is 2.05 bits per heavy atom. The van der Waals surface area contributed by atoms with Crippen LogP contribution in [0.5, 0.6) is 0 Å². The predicted molar refractivity (Wildman–Crippen MR) is 78.8 cm³/mol. The molecule has 0 aliphatic heterocycles. The first-order chi connectivity index (χ1) is 9.02. The van der Waals surface area contributed by atoms with Crippen molar-refractivity contribution in [1.29, 1.82) is 0 Å². The highest BCUT2D eigenvalue weighted by Gasteiger charge is 2.23. The number of nitrogens with one attached hydrogen (secondary N) is 1. The molecule has 1 fully saturated rings. The van der Waals surface area contributed by atoms with Gasteiger partial charge in [-0.2, -0.15) is 5.10 Å². The van der Waals surface area contributed by atoms with E-state index in [0.29, 0.717) is 18.2 Å². The van der Waals surface area contributed by atoms with Gasteiger partial charge in [0.1, 0.15) is 0 Å². The molecule has 0 aromatic carbocycles. The molecule has 1 saturated carbocycles. The summed E-state index contributed by atoms with van der Waals surface area (Å²) in [7, 11) is 1.82. The van der Waals surface area contributed by atoms with Crippen LogP contribution in [-0.2, 0) is 4.74 Å². The fourth-order valence-electron chi connectivity index (χ4n) is 3.07. The second kappa shape index (κ2) is 5.95. The zero-order chi connectivity index (χ0) is 14.0. The number of aromatic nitrogens is 2. The molecule has 4 nitrogen and oxygen atoms in total. The maximum absolute atomic E-state index is 5.50. The quantitative estimate of drug-likeness (QED) is 0.906. The standard InChI is InChI=1S/C15H27N3O/c1-10(2)18-12(4)15(11(3)17-18)16-13-7-6-8-14(9-13)19-5/h10,13-14,16H,6-9H2,1-5H3. The predicted octanol–water partition coefficient (Wildman–Crippen LogP) is 3.45. The number of aryl methyl sites for hydroxylation is 1. The summed E-state index contributed by atoms with van der Waals surface area (Å²) in [6.45, 7) is 8.58. The third-order valence-corrected chi connectivity index (χ3v) is 4.12. The van der Waals surface area contributed by atoms with Gasteiger partial charge in [-0.05, 0) is 53.4 Å². The van der Waals surface area contributed by atoms with E-state index in [9.17, 15) is 0 Å². The third-order valence-electron chi connectivity index (χ3n) is 4.12. The first-order valence-corrected chi connectivity index (χ1v) is 7.38. The molecular weight excluding hydrogens is 238 g/mol. The van der Waals surface area contributed by atoms with Crippen molar-refractivity contribution < 1.29 is 4.74 Å². The van der Waals surface area contributed by atoms with Crippen molar-refractivity contribution >= 4 is 5.69 Å². The van der Waals surface area contributed by atoms with Crippen LogP contribution in [0.4, 0.5) is 5.69 Å². The zero-order valence-corrected chi connectivity index (χ0v) is 12.9. The SMILES string of the molecule is COC1CCCC(Nc2c(C)nn(C(C)C)c2C)C1. The lowest BCUT2D eigenvalue weighted by molar-refractivity contribution is 0.0669. The topological polar surface area (TPSA) is 39.1 Å². The number of rotatable bonds is 4. The van der Waals surface area contributed by atoms with Crippen LogP contribution < -0.4 is 5.32 Å². The zero-order valence-electron chi connectivity index (χ0n) is 12.9. The first kappa shape index (κ1) is 14.4. The van der Waals surface area contributed by atoms with Crippen molar-refractivity contribution in [3.05, 3.63) is 11.4 Å². The van der Waals surface area contributed by atoms with E-state index in [-0.39, 0.29) is 0 Å². The summed E-state index contributed by atoms with van der Waals surface area (Å²) in [4.78, 5) is 0. The van der Waals surface area contributed by atoms with Gasteiger partial charge in [0.05, 0.1) is 23.2 Å². The summed E-state index contributed by atoms with van der Waals surface area (Å²) < 4.78 is 7.61. The summed E-state index contributed by atoms with van der Waals surface area (Å²) in [5.74, 6) is 0. The third kappa shape index (κ3) is 3.11. The van der Waals surface area contributed by atoms with E-state index in [1.165, 1.54) is 30.6 Å². The average molecular weight is 265 g/mol. The van der Waals surface area contributed by atoms with Crippen molar-refractivity contribution in [2.24, 2.45) is 0 Å². The lowest BCUT2D eigenvalue weighted by Crippen LogP contribution is -2.31. The molecule has 1 aliphatic carbocycles. The van der Waals surface area contributed by atoms with Gasteiger partial charge in [0.2, 0.25) is 0 Å². The van der Waals surface area contributed by atoms with Crippen LogP contribution in [0.1, 0.15) is 57.0 Å². The second-order valence-corrected chi connectivity index (χ2v) is 5.95. The number of methoxy groups -OCH3 is 1. The van der Waals surface area contributed by atoms with E-state index in [0.717, 1.165) is 12.1 Å². The molecule has 1 aromatic heterocycles. The van der Waals surface area contributed by atoms with Crippen molar-refractivity contribution in [2.75, 3.05) is 12.4 Å². The highest BCUT2D eigenvalue weighted by molar-refractivity contribution is 5.53. The van der Waals surface area contributed by atoms with Crippen LogP contribution >= 0.6 is 0 Å². The van der Waals surface area contributed by atoms with Gasteiger partial charge in [0, 0.05) is 19.2 Å². The Morgan fingerprint density at radius 1 is 1.32 bits per heavy atom. The smallest absolute Gasteiger partial charge is 0.0828 e. The normalized spacial score (nSPS) is 23.9. The lowest BCUT2D eigenvalue weighted by atomic mass is 9.92. The molecule has 2 rings (SSSR count). The lowest BCUT2D eigenvalue weighted by Gasteiger charge is -2.29. The van der Waals surface area contributed by atoms with Gasteiger partial charge >= 0.3 is 0 Å². The van der Waals surface area contributed by atoms with E-state index in [4.69, 9.17) is 4.74 Å². The van der Waals surface area contributed by atoms with Gasteiger partial charge in [0.25, 0.3) is 0 Å². The largest absolute Gasteiger partial charge is 0.381 e. The minimum absolute atomic E-state index is 0.409. The molecular formula is C15H27N3O. The number of ether oxygens (including phenoxy) is 1. The van der Waals surface area contributed by atoms with Gasteiger partial charge in [-0.15, -0.1) is 0 Å². The molecule has 108 valence electrons. The van der Waals surface area contributed by atoms with Crippen LogP contribution in [0, 0.1) is 13.8 Å². The molecule has 1 heterocycles. The van der Waals surface area contributed by atoms with Gasteiger partial charge in [-0.25, -0.2) is 0 Å². The number of hydrogen-bond acceptors (Lipinski definition) is 3. The maximum atomic E-state index is 5.50. The van der Waals surface area contributed by atoms with E-state index >= 15 is 0 Å². The maximum Gasteiger partial charge on any atom is 0.0828 e. The minimum atomic E-state index is 0.409. The van der Waals surface area contributed by atoms with Crippen LogP contribution in [0.25, 0.3) is 0 Å². The molecule has 0 amide bonds. The molecule has 1 N–H and O–H groups in total. The monoisotopic (exact) mass is 265 g/mol. The first-order valence-electron chi connectivity index (χ1n) is 7.38. The van der Waals surface area contributed by atoms with E-state index in [1.54, 1.807) is 0 Å². The Kier molecular flexibility index (Phi) is 4.50. The fourth-order valence-corrected chi connectivity index (χ4v) is 3.07. The number of hydrogen-bond donors (Lipinski definition) is 1. The summed E-state index contributed by atoms with van der Waals surface area (Å²) >= 11 is 0. The van der Waals surface area contributed by atoms with E-state index in [2.05, 4.69) is 42.8 Å². The van der Waals surface area contributed by atoms with Crippen molar-refractivity contribution in [3.8, 4) is 0 Å². The molecule has 0 saturated heterocycles. The van der Waals surface area contributed by atoms with Gasteiger partial charge in [-0.3, -0.25) is 4.68 Å². The van der Waals surface area contributed by atoms with Crippen LogP contribution in [0.3, 0.4) is 0 Å². The molecule has 2 atom stereocenters. The molecule has 0 radical (unpaired) electrons. The Bertz CT molecular complexity index is 425. The van der Waals surface area contributed by atoms with Gasteiger partial charge in [-0.1, -0.05) is 0 Å². The Labute approximate surface area is 116 Å². The fraction of sp³-hybridized carbons (Fsp3) is 0.800. The van der Waals surface area contributed by atoms with Crippen molar-refractivity contribution in [2.45, 2.75) is 71.6 Å². The molecule has 19 heavy (non-hydrogen) atoms. The molecule has 4 heteroatoms. The van der Waals surface area contributed by atoms with Crippen LogP contribution in [0.2, 0.25) is 0 Å². The van der Waals surface area contributed by atoms with Crippen molar-refractivity contribution in [3.63, 3.8) is 0 Å². The van der Waals surface area contributed by atoms with Crippen LogP contribution in [0.15, 0.2) is 0 Å². The minimum Gasteiger partial charge on any atom is -0.381 e. The Hall–Kier alpha value is -1.03. The summed E-state index contributed by atoms with van der Waals surface area (Å²) in [5, 5.41) is 8.33. The Morgan fingerprint density at radius 3 is 2.63 bits per heavy atom. The number of anilines is 1. The highest BCUT2D eigenvalue weighted by atomic mass is 16.5. The Balaban J connectivity index is 2.10. The molecule has 0 bridgehead atoms. The van der Waals surface area contributed by atoms with Gasteiger partial charge < -0.3 is 10.1 Å². The van der Waals surface area contributed by atoms with Crippen LogP contribution in [-0.4, -0.2) is 29.0 Å². The molecule has 2 unspecified atom stereocenters. The van der Waals surface area contributed by atoms with Crippen molar-refractivity contribution in [1.82, 2.24) is 9.78 Å². The average Bonchev–Trinajstić information content (AvgIpc) is 2.67. The summed E-state index contributed by atoms with van der Waals surface area (Å²) in [6.07, 6.45) is 5.17. The summed E-state index contributed by atoms with van der Waals surface area (Å²) in [5.41, 5.74) is 3.56. The summed E-state index contributed by atoms with van der Waals surface area (Å²) in [6, 6.07) is 0.924. The van der Waals surface area contributed by atoms with E-state index < -0.39 is 0 Å². The van der Waals surface area contributed by atoms with Gasteiger partial charge in [0.15, 0.2) is 0 Å². The molecule has 1 aliphatic rings. The second-order valence-electron chi connectivity index (χ2n) is 5.95. The van der Waals surface area contributed by atoms with E-state index in [1.807, 2.05) is 7.11 Å².